The van der Waals surface area contributed by atoms with Gasteiger partial charge in [0.15, 0.2) is 0 Å². The van der Waals surface area contributed by atoms with Crippen LogP contribution in [0.4, 0.5) is 0 Å². The lowest BCUT2D eigenvalue weighted by molar-refractivity contribution is 0.0517. The molecule has 6 heteroatoms. The number of hydrogen-bond acceptors (Lipinski definition) is 4. The van der Waals surface area contributed by atoms with Crippen molar-refractivity contribution >= 4 is 34.9 Å². The Labute approximate surface area is 154 Å². The van der Waals surface area contributed by atoms with Crippen LogP contribution in [-0.2, 0) is 4.84 Å². The van der Waals surface area contributed by atoms with Gasteiger partial charge in [0.2, 0.25) is 0 Å². The number of carbonyl (C=O) groups excluding carboxylic acids is 1. The summed E-state index contributed by atoms with van der Waals surface area (Å²) in [4.78, 5) is 21.3. The third kappa shape index (κ3) is 4.24. The zero-order valence-corrected chi connectivity index (χ0v) is 14.4. The highest BCUT2D eigenvalue weighted by atomic mass is 35.5. The second-order valence-corrected chi connectivity index (χ2v) is 5.88. The van der Waals surface area contributed by atoms with Crippen LogP contribution >= 0.6 is 23.2 Å². The molecule has 3 aromatic rings. The van der Waals surface area contributed by atoms with Gasteiger partial charge in [-0.1, -0.05) is 52.6 Å². The molecule has 0 aliphatic heterocycles. The van der Waals surface area contributed by atoms with Crippen molar-refractivity contribution in [3.63, 3.8) is 0 Å². The van der Waals surface area contributed by atoms with E-state index in [1.54, 1.807) is 73.1 Å². The zero-order chi connectivity index (χ0) is 17.6. The number of oxime groups is 1. The van der Waals surface area contributed by atoms with Crippen LogP contribution in [0, 0.1) is 0 Å². The molecule has 0 aliphatic rings. The van der Waals surface area contributed by atoms with Gasteiger partial charge in [-0.15, -0.1) is 0 Å². The molecule has 3 rings (SSSR count). The first kappa shape index (κ1) is 17.1. The van der Waals surface area contributed by atoms with Gasteiger partial charge in [0, 0.05) is 28.5 Å². The number of hydrogen-bond donors (Lipinski definition) is 0. The molecule has 4 nitrogen and oxygen atoms in total. The van der Waals surface area contributed by atoms with E-state index in [9.17, 15) is 4.79 Å². The van der Waals surface area contributed by atoms with Crippen molar-refractivity contribution in [1.29, 1.82) is 0 Å². The molecule has 0 saturated heterocycles. The van der Waals surface area contributed by atoms with Crippen LogP contribution < -0.4 is 0 Å². The van der Waals surface area contributed by atoms with E-state index in [0.29, 0.717) is 15.8 Å². The molecule has 1 heterocycles. The van der Waals surface area contributed by atoms with Gasteiger partial charge in [0.1, 0.15) is 5.71 Å². The summed E-state index contributed by atoms with van der Waals surface area (Å²) in [6, 6.07) is 17.3. The lowest BCUT2D eigenvalue weighted by Crippen LogP contribution is -2.08. The Hall–Kier alpha value is -2.69. The molecular formula is C19H12Cl2N2O2. The van der Waals surface area contributed by atoms with Crippen LogP contribution in [0.25, 0.3) is 0 Å². The van der Waals surface area contributed by atoms with Crippen molar-refractivity contribution < 1.29 is 9.63 Å². The number of carbonyl (C=O) groups is 1. The van der Waals surface area contributed by atoms with Crippen molar-refractivity contribution in [1.82, 2.24) is 4.98 Å². The first-order valence-corrected chi connectivity index (χ1v) is 8.11. The van der Waals surface area contributed by atoms with Crippen LogP contribution in [0.1, 0.15) is 21.5 Å². The summed E-state index contributed by atoms with van der Waals surface area (Å²) in [5, 5.41) is 4.96. The van der Waals surface area contributed by atoms with E-state index < -0.39 is 5.97 Å². The zero-order valence-electron chi connectivity index (χ0n) is 12.9. The predicted molar refractivity (Wildman–Crippen MR) is 98.2 cm³/mol. The number of rotatable bonds is 4. The summed E-state index contributed by atoms with van der Waals surface area (Å²) in [5.74, 6) is -0.633. The molecule has 0 aliphatic carbocycles. The minimum absolute atomic E-state index is 0.248. The topological polar surface area (TPSA) is 51.5 Å². The van der Waals surface area contributed by atoms with E-state index in [4.69, 9.17) is 28.0 Å². The molecule has 0 N–H and O–H groups in total. The van der Waals surface area contributed by atoms with E-state index in [1.807, 2.05) is 0 Å². The largest absolute Gasteiger partial charge is 0.367 e. The monoisotopic (exact) mass is 370 g/mol. The third-order valence-corrected chi connectivity index (χ3v) is 3.97. The summed E-state index contributed by atoms with van der Waals surface area (Å²) < 4.78 is 0. The van der Waals surface area contributed by atoms with Crippen molar-refractivity contribution in [2.24, 2.45) is 5.16 Å². The standard InChI is InChI=1S/C19H12Cl2N2O2/c20-15-7-5-13(6-8-15)18(14-9-11-22-12-10-14)23-25-19(24)16-3-1-2-4-17(16)21/h1-12H/b23-18+. The van der Waals surface area contributed by atoms with Crippen LogP contribution in [-0.4, -0.2) is 16.7 Å². The number of benzene rings is 2. The van der Waals surface area contributed by atoms with E-state index in [0.717, 1.165) is 11.1 Å². The highest BCUT2D eigenvalue weighted by Crippen LogP contribution is 2.18. The highest BCUT2D eigenvalue weighted by molar-refractivity contribution is 6.33. The molecule has 0 spiro atoms. The first-order valence-electron chi connectivity index (χ1n) is 7.35. The van der Waals surface area contributed by atoms with E-state index in [2.05, 4.69) is 10.1 Å². The molecule has 1 aromatic heterocycles. The first-order chi connectivity index (χ1) is 12.1. The molecular weight excluding hydrogens is 359 g/mol. The van der Waals surface area contributed by atoms with Crippen molar-refractivity contribution in [2.75, 3.05) is 0 Å². The van der Waals surface area contributed by atoms with E-state index >= 15 is 0 Å². The van der Waals surface area contributed by atoms with Gasteiger partial charge in [-0.05, 0) is 36.4 Å². The maximum Gasteiger partial charge on any atom is 0.367 e. The van der Waals surface area contributed by atoms with Crippen LogP contribution in [0.3, 0.4) is 0 Å². The summed E-state index contributed by atoms with van der Waals surface area (Å²) >= 11 is 12.0. The average molecular weight is 371 g/mol. The number of halogens is 2. The Morgan fingerprint density at radius 2 is 1.52 bits per heavy atom. The smallest absolute Gasteiger partial charge is 0.312 e. The Balaban J connectivity index is 1.94. The molecule has 124 valence electrons. The van der Waals surface area contributed by atoms with Gasteiger partial charge >= 0.3 is 5.97 Å². The van der Waals surface area contributed by atoms with Crippen LogP contribution in [0.2, 0.25) is 10.0 Å². The fraction of sp³-hybridized carbons (Fsp3) is 0. The molecule has 0 bridgehead atoms. The normalized spacial score (nSPS) is 11.2. The maximum absolute atomic E-state index is 12.2. The number of aromatic nitrogens is 1. The van der Waals surface area contributed by atoms with Crippen molar-refractivity contribution in [2.45, 2.75) is 0 Å². The lowest BCUT2D eigenvalue weighted by Gasteiger charge is -2.07. The third-order valence-electron chi connectivity index (χ3n) is 3.39. The van der Waals surface area contributed by atoms with Crippen molar-refractivity contribution in [3.8, 4) is 0 Å². The molecule has 0 amide bonds. The van der Waals surface area contributed by atoms with Gasteiger partial charge in [0.05, 0.1) is 10.6 Å². The van der Waals surface area contributed by atoms with Gasteiger partial charge < -0.3 is 4.84 Å². The Bertz CT molecular complexity index is 910. The molecule has 0 fully saturated rings. The summed E-state index contributed by atoms with van der Waals surface area (Å²) in [6.07, 6.45) is 3.27. The fourth-order valence-corrected chi connectivity index (χ4v) is 2.49. The second-order valence-electron chi connectivity index (χ2n) is 5.04. The van der Waals surface area contributed by atoms with Gasteiger partial charge in [0.25, 0.3) is 0 Å². The molecule has 25 heavy (non-hydrogen) atoms. The molecule has 0 radical (unpaired) electrons. The van der Waals surface area contributed by atoms with E-state index in [1.165, 1.54) is 0 Å². The maximum atomic E-state index is 12.2. The number of pyridine rings is 1. The van der Waals surface area contributed by atoms with Gasteiger partial charge in [-0.3, -0.25) is 4.98 Å². The average Bonchev–Trinajstić information content (AvgIpc) is 2.64. The quantitative estimate of drug-likeness (QED) is 0.369. The molecule has 0 atom stereocenters. The summed E-state index contributed by atoms with van der Waals surface area (Å²) in [6.45, 7) is 0. The number of nitrogens with zero attached hydrogens (tertiary/aromatic N) is 2. The summed E-state index contributed by atoms with van der Waals surface area (Å²) in [5.41, 5.74) is 2.24. The van der Waals surface area contributed by atoms with Gasteiger partial charge in [-0.2, -0.15) is 0 Å². The fourth-order valence-electron chi connectivity index (χ4n) is 2.15. The van der Waals surface area contributed by atoms with Crippen molar-refractivity contribution in [3.05, 3.63) is 99.8 Å². The SMILES string of the molecule is O=C(O/N=C(/c1ccncc1)c1ccc(Cl)cc1)c1ccccc1Cl. The second kappa shape index (κ2) is 7.92. The Morgan fingerprint density at radius 1 is 0.880 bits per heavy atom. The predicted octanol–water partition coefficient (Wildman–Crippen LogP) is 5.00. The van der Waals surface area contributed by atoms with Crippen LogP contribution in [0.15, 0.2) is 78.2 Å². The highest BCUT2D eigenvalue weighted by Gasteiger charge is 2.13. The van der Waals surface area contributed by atoms with E-state index in [-0.39, 0.29) is 5.56 Å². The van der Waals surface area contributed by atoms with Crippen LogP contribution in [0.5, 0.6) is 0 Å². The minimum atomic E-state index is -0.633. The Kier molecular flexibility index (Phi) is 5.43. The Morgan fingerprint density at radius 3 is 2.20 bits per heavy atom. The van der Waals surface area contributed by atoms with Gasteiger partial charge in [-0.25, -0.2) is 4.79 Å². The lowest BCUT2D eigenvalue weighted by atomic mass is 10.0. The molecule has 0 saturated carbocycles. The minimum Gasteiger partial charge on any atom is -0.312 e. The molecule has 2 aromatic carbocycles. The summed E-state index contributed by atoms with van der Waals surface area (Å²) in [7, 11) is 0. The molecule has 0 unspecified atom stereocenters.